The average Bonchev–Trinajstić information content (AvgIpc) is 3.04. The molecule has 0 bridgehead atoms. The predicted octanol–water partition coefficient (Wildman–Crippen LogP) is 4.00. The largest absolute Gasteiger partial charge is 0.316 e. The van der Waals surface area contributed by atoms with Crippen LogP contribution in [0.3, 0.4) is 0 Å². The van der Waals surface area contributed by atoms with Crippen molar-refractivity contribution in [2.45, 2.75) is 0 Å². The van der Waals surface area contributed by atoms with E-state index in [-0.39, 0.29) is 5.91 Å². The van der Waals surface area contributed by atoms with Gasteiger partial charge in [0, 0.05) is 16.4 Å². The predicted molar refractivity (Wildman–Crippen MR) is 95.0 cm³/mol. The van der Waals surface area contributed by atoms with Gasteiger partial charge in [0.25, 0.3) is 5.91 Å². The van der Waals surface area contributed by atoms with E-state index in [2.05, 4.69) is 26.5 Å². The molecule has 3 rings (SSSR count). The lowest BCUT2D eigenvalue weighted by atomic mass is 10.2. The molecule has 0 aliphatic carbocycles. The minimum absolute atomic E-state index is 0.258. The highest BCUT2D eigenvalue weighted by atomic mass is 79.9. The molecule has 1 heterocycles. The van der Waals surface area contributed by atoms with Crippen LogP contribution in [-0.2, 0) is 0 Å². The maximum Gasteiger partial charge on any atom is 0.272 e. The number of carbonyl (C=O) groups excluding carboxylic acids is 1. The van der Waals surface area contributed by atoms with Crippen LogP contribution in [0.5, 0.6) is 0 Å². The molecule has 0 saturated heterocycles. The molecule has 0 spiro atoms. The molecular weight excluding hydrogens is 354 g/mol. The third-order valence-electron chi connectivity index (χ3n) is 3.30. The van der Waals surface area contributed by atoms with E-state index in [0.29, 0.717) is 5.56 Å². The highest BCUT2D eigenvalue weighted by Gasteiger charge is 2.07. The molecule has 0 aliphatic rings. The molecule has 1 amide bonds. The van der Waals surface area contributed by atoms with Crippen LogP contribution in [0, 0.1) is 0 Å². The number of hydrogen-bond acceptors (Lipinski definition) is 2. The second kappa shape index (κ2) is 7.07. The lowest BCUT2D eigenvalue weighted by Gasteiger charge is -2.06. The number of amides is 1. The summed E-state index contributed by atoms with van der Waals surface area (Å²) in [6.45, 7) is 0. The number of hydrazone groups is 1. The number of nitrogens with zero attached hydrogens (tertiary/aromatic N) is 2. The zero-order chi connectivity index (χ0) is 16.1. The number of carbonyl (C=O) groups is 1. The summed E-state index contributed by atoms with van der Waals surface area (Å²) in [6.07, 6.45) is 3.58. The van der Waals surface area contributed by atoms with Crippen LogP contribution in [0.25, 0.3) is 5.69 Å². The molecule has 0 radical (unpaired) electrons. The van der Waals surface area contributed by atoms with E-state index < -0.39 is 0 Å². The van der Waals surface area contributed by atoms with Gasteiger partial charge in [-0.3, -0.25) is 4.79 Å². The topological polar surface area (TPSA) is 46.4 Å². The molecule has 1 N–H and O–H groups in total. The van der Waals surface area contributed by atoms with E-state index >= 15 is 0 Å². The quantitative estimate of drug-likeness (QED) is 0.549. The van der Waals surface area contributed by atoms with Crippen LogP contribution >= 0.6 is 15.9 Å². The number of benzene rings is 2. The van der Waals surface area contributed by atoms with Crippen molar-refractivity contribution in [1.29, 1.82) is 0 Å². The normalized spacial score (nSPS) is 10.8. The van der Waals surface area contributed by atoms with Crippen molar-refractivity contribution in [3.8, 4) is 5.69 Å². The summed E-state index contributed by atoms with van der Waals surface area (Å²) in [7, 11) is 0. The van der Waals surface area contributed by atoms with Crippen LogP contribution in [0.2, 0.25) is 0 Å². The standard InChI is InChI=1S/C18H14BrN3O/c19-17-11-5-4-10-16(17)18(23)21-20-13-15-9-6-12-22(15)14-7-2-1-3-8-14/h1-13H,(H,21,23)/b20-13+. The highest BCUT2D eigenvalue weighted by Crippen LogP contribution is 2.15. The number of halogens is 1. The molecule has 0 aliphatic heterocycles. The Morgan fingerprint density at radius 2 is 1.74 bits per heavy atom. The fourth-order valence-electron chi connectivity index (χ4n) is 2.19. The summed E-state index contributed by atoms with van der Waals surface area (Å²) < 4.78 is 2.73. The molecule has 1 aromatic heterocycles. The van der Waals surface area contributed by atoms with Gasteiger partial charge in [0.05, 0.1) is 17.5 Å². The molecule has 114 valence electrons. The van der Waals surface area contributed by atoms with E-state index in [1.807, 2.05) is 71.4 Å². The number of aromatic nitrogens is 1. The van der Waals surface area contributed by atoms with Crippen molar-refractivity contribution >= 4 is 28.1 Å². The van der Waals surface area contributed by atoms with Crippen molar-refractivity contribution in [2.75, 3.05) is 0 Å². The van der Waals surface area contributed by atoms with Gasteiger partial charge in [-0.25, -0.2) is 5.43 Å². The SMILES string of the molecule is O=C(N/N=C/c1cccn1-c1ccccc1)c1ccccc1Br. The molecule has 23 heavy (non-hydrogen) atoms. The average molecular weight is 368 g/mol. The van der Waals surface area contributed by atoms with E-state index in [4.69, 9.17) is 0 Å². The second-order valence-electron chi connectivity index (χ2n) is 4.82. The first-order valence-corrected chi connectivity index (χ1v) is 7.86. The molecule has 0 saturated carbocycles. The third kappa shape index (κ3) is 3.57. The van der Waals surface area contributed by atoms with E-state index in [9.17, 15) is 4.79 Å². The van der Waals surface area contributed by atoms with Gasteiger partial charge in [-0.1, -0.05) is 30.3 Å². The number of hydrogen-bond donors (Lipinski definition) is 1. The minimum atomic E-state index is -0.258. The van der Waals surface area contributed by atoms with Gasteiger partial charge in [0.2, 0.25) is 0 Å². The lowest BCUT2D eigenvalue weighted by molar-refractivity contribution is 0.0954. The van der Waals surface area contributed by atoms with Gasteiger partial charge < -0.3 is 4.57 Å². The minimum Gasteiger partial charge on any atom is -0.316 e. The van der Waals surface area contributed by atoms with Crippen molar-refractivity contribution < 1.29 is 4.79 Å². The Labute approximate surface area is 142 Å². The first-order chi connectivity index (χ1) is 11.3. The smallest absolute Gasteiger partial charge is 0.272 e. The van der Waals surface area contributed by atoms with Gasteiger partial charge in [0.15, 0.2) is 0 Å². The first kappa shape index (κ1) is 15.2. The van der Waals surface area contributed by atoms with Crippen LogP contribution in [-0.4, -0.2) is 16.7 Å². The fourth-order valence-corrected chi connectivity index (χ4v) is 2.65. The lowest BCUT2D eigenvalue weighted by Crippen LogP contribution is -2.18. The van der Waals surface area contributed by atoms with Crippen LogP contribution in [0.4, 0.5) is 0 Å². The Hall–Kier alpha value is -2.66. The fraction of sp³-hybridized carbons (Fsp3) is 0. The zero-order valence-electron chi connectivity index (χ0n) is 12.2. The Bertz CT molecular complexity index is 840. The molecule has 3 aromatic rings. The summed E-state index contributed by atoms with van der Waals surface area (Å²) in [6, 6.07) is 21.0. The summed E-state index contributed by atoms with van der Waals surface area (Å²) in [5.74, 6) is -0.258. The second-order valence-corrected chi connectivity index (χ2v) is 5.67. The number of nitrogens with one attached hydrogen (secondary N) is 1. The van der Waals surface area contributed by atoms with E-state index in [1.165, 1.54) is 0 Å². The molecule has 0 atom stereocenters. The van der Waals surface area contributed by atoms with Crippen LogP contribution < -0.4 is 5.43 Å². The molecular formula is C18H14BrN3O. The van der Waals surface area contributed by atoms with Gasteiger partial charge >= 0.3 is 0 Å². The number of para-hydroxylation sites is 1. The molecule has 0 unspecified atom stereocenters. The Balaban J connectivity index is 1.74. The maximum atomic E-state index is 12.1. The number of rotatable bonds is 4. The Morgan fingerprint density at radius 1 is 1.00 bits per heavy atom. The summed E-state index contributed by atoms with van der Waals surface area (Å²) in [5.41, 5.74) is 5.00. The summed E-state index contributed by atoms with van der Waals surface area (Å²) in [4.78, 5) is 12.1. The van der Waals surface area contributed by atoms with E-state index in [0.717, 1.165) is 15.9 Å². The Morgan fingerprint density at radius 3 is 2.52 bits per heavy atom. The monoisotopic (exact) mass is 367 g/mol. The summed E-state index contributed by atoms with van der Waals surface area (Å²) >= 11 is 3.35. The molecule has 4 nitrogen and oxygen atoms in total. The first-order valence-electron chi connectivity index (χ1n) is 7.06. The maximum absolute atomic E-state index is 12.1. The zero-order valence-corrected chi connectivity index (χ0v) is 13.8. The van der Waals surface area contributed by atoms with E-state index in [1.54, 1.807) is 12.3 Å². The molecule has 5 heteroatoms. The van der Waals surface area contributed by atoms with Crippen molar-refractivity contribution in [2.24, 2.45) is 5.10 Å². The van der Waals surface area contributed by atoms with Gasteiger partial charge in [-0.15, -0.1) is 0 Å². The third-order valence-corrected chi connectivity index (χ3v) is 3.99. The van der Waals surface area contributed by atoms with Gasteiger partial charge in [-0.05, 0) is 52.3 Å². The Kier molecular flexibility index (Phi) is 4.68. The van der Waals surface area contributed by atoms with Crippen molar-refractivity contribution in [1.82, 2.24) is 9.99 Å². The molecule has 0 fully saturated rings. The van der Waals surface area contributed by atoms with Crippen LogP contribution in [0.1, 0.15) is 16.1 Å². The van der Waals surface area contributed by atoms with Gasteiger partial charge in [0.1, 0.15) is 0 Å². The highest BCUT2D eigenvalue weighted by molar-refractivity contribution is 9.10. The van der Waals surface area contributed by atoms with Gasteiger partial charge in [-0.2, -0.15) is 5.10 Å². The summed E-state index contributed by atoms with van der Waals surface area (Å²) in [5, 5.41) is 4.05. The van der Waals surface area contributed by atoms with Crippen molar-refractivity contribution in [3.63, 3.8) is 0 Å². The van der Waals surface area contributed by atoms with Crippen LogP contribution in [0.15, 0.2) is 82.5 Å². The van der Waals surface area contributed by atoms with Crippen molar-refractivity contribution in [3.05, 3.63) is 88.7 Å². The molecule has 2 aromatic carbocycles.